The van der Waals surface area contributed by atoms with Crippen LogP contribution >= 0.6 is 0 Å². The van der Waals surface area contributed by atoms with Crippen LogP contribution in [0.4, 0.5) is 10.1 Å². The molecule has 1 aromatic carbocycles. The van der Waals surface area contributed by atoms with Crippen LogP contribution in [0.5, 0.6) is 0 Å². The van der Waals surface area contributed by atoms with E-state index in [4.69, 9.17) is 0 Å². The molecule has 0 saturated heterocycles. The quantitative estimate of drug-likeness (QED) is 0.768. The van der Waals surface area contributed by atoms with Gasteiger partial charge in [-0.3, -0.25) is 4.31 Å². The molecule has 0 fully saturated rings. The van der Waals surface area contributed by atoms with Crippen molar-refractivity contribution in [1.82, 2.24) is 5.32 Å². The van der Waals surface area contributed by atoms with Gasteiger partial charge < -0.3 is 5.32 Å². The van der Waals surface area contributed by atoms with Crippen molar-refractivity contribution in [3.8, 4) is 0 Å². The fraction of sp³-hybridized carbons (Fsp3) is 0.500. The summed E-state index contributed by atoms with van der Waals surface area (Å²) in [5, 5.41) is 3.07. The second-order valence-electron chi connectivity index (χ2n) is 3.97. The number of hydrogen-bond donors (Lipinski definition) is 1. The Morgan fingerprint density at radius 2 is 2.11 bits per heavy atom. The van der Waals surface area contributed by atoms with Gasteiger partial charge in [0.25, 0.3) is 0 Å². The molecule has 1 rings (SSSR count). The van der Waals surface area contributed by atoms with E-state index in [2.05, 4.69) is 5.32 Å². The number of nitrogens with zero attached hydrogens (tertiary/aromatic N) is 1. The molecule has 0 spiro atoms. The highest BCUT2D eigenvalue weighted by atomic mass is 32.2. The van der Waals surface area contributed by atoms with Crippen LogP contribution in [0.25, 0.3) is 0 Å². The van der Waals surface area contributed by atoms with Gasteiger partial charge in [0.15, 0.2) is 0 Å². The Morgan fingerprint density at radius 1 is 1.39 bits per heavy atom. The highest BCUT2D eigenvalue weighted by molar-refractivity contribution is 7.92. The van der Waals surface area contributed by atoms with E-state index >= 15 is 0 Å². The average Bonchev–Trinajstić information content (AvgIpc) is 2.34. The van der Waals surface area contributed by atoms with Crippen molar-refractivity contribution in [2.45, 2.75) is 13.3 Å². The molecule has 0 amide bonds. The molecule has 0 aliphatic carbocycles. The van der Waals surface area contributed by atoms with Crippen molar-refractivity contribution < 1.29 is 12.8 Å². The number of halogens is 1. The summed E-state index contributed by atoms with van der Waals surface area (Å²) >= 11 is 0. The minimum atomic E-state index is -3.38. The van der Waals surface area contributed by atoms with Crippen LogP contribution in [-0.2, 0) is 10.0 Å². The van der Waals surface area contributed by atoms with Crippen molar-refractivity contribution >= 4 is 15.7 Å². The fourth-order valence-corrected chi connectivity index (χ4v) is 2.74. The maximum Gasteiger partial charge on any atom is 0.234 e. The summed E-state index contributed by atoms with van der Waals surface area (Å²) in [6.07, 6.45) is 0.538. The summed E-state index contributed by atoms with van der Waals surface area (Å²) in [6, 6.07) is 5.57. The number of nitrogens with one attached hydrogen (secondary N) is 1. The number of hydrogen-bond acceptors (Lipinski definition) is 3. The average molecular weight is 274 g/mol. The summed E-state index contributed by atoms with van der Waals surface area (Å²) in [7, 11) is -1.94. The zero-order chi connectivity index (χ0) is 13.6. The summed E-state index contributed by atoms with van der Waals surface area (Å²) < 4.78 is 38.1. The van der Waals surface area contributed by atoms with Crippen molar-refractivity contribution in [2.75, 3.05) is 30.2 Å². The maximum absolute atomic E-state index is 13.0. The van der Waals surface area contributed by atoms with E-state index in [9.17, 15) is 12.8 Å². The highest BCUT2D eigenvalue weighted by Crippen LogP contribution is 2.17. The number of sulfonamides is 1. The van der Waals surface area contributed by atoms with E-state index in [0.29, 0.717) is 18.7 Å². The van der Waals surface area contributed by atoms with Crippen LogP contribution in [0, 0.1) is 5.82 Å². The third kappa shape index (κ3) is 4.27. The molecule has 0 bridgehead atoms. The first-order valence-electron chi connectivity index (χ1n) is 5.90. The Kier molecular flexibility index (Phi) is 5.55. The minimum absolute atomic E-state index is 0.0486. The van der Waals surface area contributed by atoms with Gasteiger partial charge in [-0.1, -0.05) is 13.0 Å². The third-order valence-electron chi connectivity index (χ3n) is 2.59. The lowest BCUT2D eigenvalue weighted by Gasteiger charge is -2.19. The molecule has 18 heavy (non-hydrogen) atoms. The summed E-state index contributed by atoms with van der Waals surface area (Å²) in [6.45, 7) is 3.44. The topological polar surface area (TPSA) is 49.4 Å². The summed E-state index contributed by atoms with van der Waals surface area (Å²) in [5.74, 6) is -0.394. The van der Waals surface area contributed by atoms with E-state index < -0.39 is 15.8 Å². The van der Waals surface area contributed by atoms with Crippen LogP contribution in [0.3, 0.4) is 0 Å². The molecular weight excluding hydrogens is 255 g/mol. The van der Waals surface area contributed by atoms with Gasteiger partial charge in [0, 0.05) is 7.05 Å². The standard InChI is InChI=1S/C12H19FN2O2S/c1-3-14-8-5-9-18(16,17)15(2)12-7-4-6-11(13)10-12/h4,6-7,10,14H,3,5,8-9H2,1-2H3. The van der Waals surface area contributed by atoms with Gasteiger partial charge >= 0.3 is 0 Å². The van der Waals surface area contributed by atoms with Crippen LogP contribution in [0.15, 0.2) is 24.3 Å². The first-order valence-corrected chi connectivity index (χ1v) is 7.51. The molecule has 0 atom stereocenters. The molecule has 1 aromatic rings. The predicted molar refractivity (Wildman–Crippen MR) is 71.8 cm³/mol. The van der Waals surface area contributed by atoms with E-state index in [0.717, 1.165) is 10.8 Å². The van der Waals surface area contributed by atoms with Crippen molar-refractivity contribution in [3.63, 3.8) is 0 Å². The van der Waals surface area contributed by atoms with Gasteiger partial charge in [-0.05, 0) is 37.7 Å². The highest BCUT2D eigenvalue weighted by Gasteiger charge is 2.17. The minimum Gasteiger partial charge on any atom is -0.317 e. The first-order chi connectivity index (χ1) is 8.47. The van der Waals surface area contributed by atoms with Crippen LogP contribution in [-0.4, -0.2) is 34.3 Å². The van der Waals surface area contributed by atoms with E-state index in [1.54, 1.807) is 6.07 Å². The predicted octanol–water partition coefficient (Wildman–Crippen LogP) is 1.59. The zero-order valence-corrected chi connectivity index (χ0v) is 11.5. The molecule has 0 aliphatic heterocycles. The molecule has 0 unspecified atom stereocenters. The van der Waals surface area contributed by atoms with E-state index in [1.165, 1.54) is 25.2 Å². The van der Waals surface area contributed by atoms with Gasteiger partial charge in [0.1, 0.15) is 5.82 Å². The molecule has 0 aliphatic rings. The second-order valence-corrected chi connectivity index (χ2v) is 6.09. The lowest BCUT2D eigenvalue weighted by atomic mass is 10.3. The molecular formula is C12H19FN2O2S. The van der Waals surface area contributed by atoms with Crippen LogP contribution < -0.4 is 9.62 Å². The largest absolute Gasteiger partial charge is 0.317 e. The number of anilines is 1. The number of rotatable bonds is 7. The smallest absolute Gasteiger partial charge is 0.234 e. The Balaban J connectivity index is 2.67. The molecule has 4 nitrogen and oxygen atoms in total. The van der Waals surface area contributed by atoms with Gasteiger partial charge in [-0.2, -0.15) is 0 Å². The van der Waals surface area contributed by atoms with Crippen molar-refractivity contribution in [2.24, 2.45) is 0 Å². The maximum atomic E-state index is 13.0. The monoisotopic (exact) mass is 274 g/mol. The van der Waals surface area contributed by atoms with Gasteiger partial charge in [-0.15, -0.1) is 0 Å². The number of benzene rings is 1. The first kappa shape index (κ1) is 14.9. The Bertz CT molecular complexity index is 477. The second kappa shape index (κ2) is 6.70. The Hall–Kier alpha value is -1.14. The molecule has 0 saturated carbocycles. The lowest BCUT2D eigenvalue weighted by molar-refractivity contribution is 0.588. The van der Waals surface area contributed by atoms with Crippen molar-refractivity contribution in [1.29, 1.82) is 0 Å². The fourth-order valence-electron chi connectivity index (χ4n) is 1.53. The van der Waals surface area contributed by atoms with E-state index in [-0.39, 0.29) is 5.75 Å². The van der Waals surface area contributed by atoms with Gasteiger partial charge in [0.05, 0.1) is 11.4 Å². The van der Waals surface area contributed by atoms with Gasteiger partial charge in [-0.25, -0.2) is 12.8 Å². The SMILES string of the molecule is CCNCCCS(=O)(=O)N(C)c1cccc(F)c1. The van der Waals surface area contributed by atoms with Crippen LogP contribution in [0.1, 0.15) is 13.3 Å². The molecule has 6 heteroatoms. The normalized spacial score (nSPS) is 11.5. The summed E-state index contributed by atoms with van der Waals surface area (Å²) in [4.78, 5) is 0. The molecule has 0 aromatic heterocycles. The molecule has 1 N–H and O–H groups in total. The Morgan fingerprint density at radius 3 is 2.72 bits per heavy atom. The molecule has 0 radical (unpaired) electrons. The zero-order valence-electron chi connectivity index (χ0n) is 10.7. The molecule has 0 heterocycles. The molecule has 102 valence electrons. The lowest BCUT2D eigenvalue weighted by Crippen LogP contribution is -2.30. The van der Waals surface area contributed by atoms with Crippen LogP contribution in [0.2, 0.25) is 0 Å². The van der Waals surface area contributed by atoms with E-state index in [1.807, 2.05) is 6.92 Å². The third-order valence-corrected chi connectivity index (χ3v) is 4.44. The van der Waals surface area contributed by atoms with Crippen molar-refractivity contribution in [3.05, 3.63) is 30.1 Å². The summed E-state index contributed by atoms with van der Waals surface area (Å²) in [5.41, 5.74) is 0.346. The Labute approximate surface area is 108 Å². The van der Waals surface area contributed by atoms with Gasteiger partial charge in [0.2, 0.25) is 10.0 Å².